The molecule has 1 saturated heterocycles. The van der Waals surface area contributed by atoms with Crippen LogP contribution in [-0.4, -0.2) is 46.2 Å². The molecule has 0 bridgehead atoms. The minimum Gasteiger partial charge on any atom is -0.357 e. The number of aliphatic imine (C=N–C) groups is 1. The first-order valence-electron chi connectivity index (χ1n) is 9.76. The molecule has 2 aromatic rings. The predicted molar refractivity (Wildman–Crippen MR) is 106 cm³/mol. The first-order chi connectivity index (χ1) is 13.1. The van der Waals surface area contributed by atoms with Crippen LogP contribution < -0.4 is 10.6 Å². The van der Waals surface area contributed by atoms with E-state index >= 15 is 0 Å². The lowest BCUT2D eigenvalue weighted by molar-refractivity contribution is 0.134. The molecular formula is C20H30N6O. The van der Waals surface area contributed by atoms with Crippen molar-refractivity contribution in [1.29, 1.82) is 0 Å². The summed E-state index contributed by atoms with van der Waals surface area (Å²) in [5.41, 5.74) is 1.38. The Bertz CT molecular complexity index is 729. The molecule has 0 radical (unpaired) electrons. The summed E-state index contributed by atoms with van der Waals surface area (Å²) in [4.78, 5) is 11.4. The van der Waals surface area contributed by atoms with E-state index in [1.54, 1.807) is 6.92 Å². The second-order valence-electron chi connectivity index (χ2n) is 7.10. The topological polar surface area (TPSA) is 78.6 Å². The Morgan fingerprint density at radius 3 is 2.81 bits per heavy atom. The predicted octanol–water partition coefficient (Wildman–Crippen LogP) is 2.49. The molecule has 0 amide bonds. The molecule has 1 fully saturated rings. The number of aromatic nitrogens is 2. The molecule has 0 saturated carbocycles. The Kier molecular flexibility index (Phi) is 6.81. The van der Waals surface area contributed by atoms with E-state index in [2.05, 4.69) is 74.8 Å². The maximum atomic E-state index is 5.00. The highest BCUT2D eigenvalue weighted by Gasteiger charge is 2.26. The zero-order valence-electron chi connectivity index (χ0n) is 16.5. The first-order valence-corrected chi connectivity index (χ1v) is 9.76. The molecule has 7 heteroatoms. The van der Waals surface area contributed by atoms with Crippen LogP contribution >= 0.6 is 0 Å². The Morgan fingerprint density at radius 2 is 2.15 bits per heavy atom. The quantitative estimate of drug-likeness (QED) is 0.601. The number of nitrogens with one attached hydrogen (secondary N) is 2. The summed E-state index contributed by atoms with van der Waals surface area (Å²) in [5, 5.41) is 10.8. The van der Waals surface area contributed by atoms with Crippen molar-refractivity contribution in [3.05, 3.63) is 47.6 Å². The lowest BCUT2D eigenvalue weighted by Crippen LogP contribution is -2.51. The van der Waals surface area contributed by atoms with Gasteiger partial charge >= 0.3 is 0 Å². The molecular weight excluding hydrogens is 340 g/mol. The summed E-state index contributed by atoms with van der Waals surface area (Å²) in [7, 11) is 0. The van der Waals surface area contributed by atoms with Crippen LogP contribution in [0.25, 0.3) is 0 Å². The zero-order chi connectivity index (χ0) is 19.1. The number of aryl methyl sites for hydroxylation is 1. The molecule has 1 aromatic heterocycles. The average molecular weight is 371 g/mol. The van der Waals surface area contributed by atoms with Gasteiger partial charge in [-0.05, 0) is 32.3 Å². The Hall–Kier alpha value is -2.41. The molecule has 2 unspecified atom stereocenters. The van der Waals surface area contributed by atoms with E-state index in [1.807, 2.05) is 0 Å². The molecule has 146 valence electrons. The van der Waals surface area contributed by atoms with Gasteiger partial charge in [-0.2, -0.15) is 4.98 Å². The lowest BCUT2D eigenvalue weighted by Gasteiger charge is -2.38. The minimum atomic E-state index is 0.412. The number of likely N-dealkylation sites (tertiary alicyclic amines) is 1. The minimum absolute atomic E-state index is 0.412. The van der Waals surface area contributed by atoms with E-state index in [0.717, 1.165) is 38.4 Å². The number of hydrogen-bond donors (Lipinski definition) is 2. The molecule has 2 N–H and O–H groups in total. The van der Waals surface area contributed by atoms with Crippen LogP contribution in [0.1, 0.15) is 44.0 Å². The van der Waals surface area contributed by atoms with Crippen LogP contribution in [-0.2, 0) is 13.1 Å². The lowest BCUT2D eigenvalue weighted by atomic mass is 9.97. The van der Waals surface area contributed by atoms with E-state index in [0.29, 0.717) is 30.3 Å². The van der Waals surface area contributed by atoms with Gasteiger partial charge in [0.2, 0.25) is 5.89 Å². The van der Waals surface area contributed by atoms with Crippen LogP contribution in [0.3, 0.4) is 0 Å². The van der Waals surface area contributed by atoms with Gasteiger partial charge in [-0.25, -0.2) is 4.99 Å². The maximum absolute atomic E-state index is 5.00. The van der Waals surface area contributed by atoms with Gasteiger partial charge in [-0.15, -0.1) is 0 Å². The van der Waals surface area contributed by atoms with E-state index in [-0.39, 0.29) is 0 Å². The molecule has 7 nitrogen and oxygen atoms in total. The molecule has 2 atom stereocenters. The van der Waals surface area contributed by atoms with Crippen LogP contribution in [0.2, 0.25) is 0 Å². The van der Waals surface area contributed by atoms with Gasteiger partial charge in [0, 0.05) is 38.6 Å². The Labute approximate surface area is 161 Å². The number of hydrogen-bond acceptors (Lipinski definition) is 5. The molecule has 0 spiro atoms. The first kappa shape index (κ1) is 19.4. The smallest absolute Gasteiger partial charge is 0.223 e. The van der Waals surface area contributed by atoms with Gasteiger partial charge in [0.15, 0.2) is 11.8 Å². The van der Waals surface area contributed by atoms with Crippen molar-refractivity contribution in [1.82, 2.24) is 25.7 Å². The summed E-state index contributed by atoms with van der Waals surface area (Å²) in [5.74, 6) is 1.99. The fraction of sp³-hybridized carbons (Fsp3) is 0.550. The number of guanidine groups is 1. The number of rotatable bonds is 6. The van der Waals surface area contributed by atoms with Crippen LogP contribution in [0.4, 0.5) is 0 Å². The Balaban J connectivity index is 1.53. The number of nitrogens with zero attached hydrogens (tertiary/aromatic N) is 4. The van der Waals surface area contributed by atoms with Gasteiger partial charge in [-0.3, -0.25) is 4.90 Å². The van der Waals surface area contributed by atoms with Crippen LogP contribution in [0.5, 0.6) is 0 Å². The molecule has 1 aliphatic rings. The highest BCUT2D eigenvalue weighted by atomic mass is 16.5. The van der Waals surface area contributed by atoms with Crippen molar-refractivity contribution >= 4 is 5.96 Å². The van der Waals surface area contributed by atoms with Gasteiger partial charge in [0.25, 0.3) is 0 Å². The van der Waals surface area contributed by atoms with Crippen molar-refractivity contribution in [3.8, 4) is 0 Å². The molecule has 2 heterocycles. The Morgan fingerprint density at radius 1 is 1.33 bits per heavy atom. The fourth-order valence-electron chi connectivity index (χ4n) is 3.47. The number of benzene rings is 1. The van der Waals surface area contributed by atoms with Crippen molar-refractivity contribution in [3.63, 3.8) is 0 Å². The second kappa shape index (κ2) is 9.50. The van der Waals surface area contributed by atoms with Gasteiger partial charge in [0.05, 0.1) is 0 Å². The fourth-order valence-corrected chi connectivity index (χ4v) is 3.47. The van der Waals surface area contributed by atoms with Crippen molar-refractivity contribution in [2.75, 3.05) is 13.1 Å². The third-order valence-electron chi connectivity index (χ3n) is 4.88. The SMILES string of the molecule is CCNC(=NCc1noc(C)n1)NC1CCN(Cc2ccccc2)C(C)C1. The second-order valence-corrected chi connectivity index (χ2v) is 7.10. The van der Waals surface area contributed by atoms with Crippen molar-refractivity contribution < 1.29 is 4.52 Å². The van der Waals surface area contributed by atoms with Gasteiger partial charge in [-0.1, -0.05) is 35.5 Å². The van der Waals surface area contributed by atoms with Crippen LogP contribution in [0.15, 0.2) is 39.8 Å². The van der Waals surface area contributed by atoms with E-state index < -0.39 is 0 Å². The normalized spacial score (nSPS) is 21.2. The summed E-state index contributed by atoms with van der Waals surface area (Å²) in [6.45, 7) is 9.49. The van der Waals surface area contributed by atoms with Crippen molar-refractivity contribution in [2.45, 2.75) is 58.8 Å². The molecule has 0 aliphatic carbocycles. The van der Waals surface area contributed by atoms with E-state index in [4.69, 9.17) is 4.52 Å². The number of piperidine rings is 1. The third-order valence-corrected chi connectivity index (χ3v) is 4.88. The standard InChI is InChI=1S/C20H30N6O/c1-4-21-20(22-13-19-23-16(3)27-25-19)24-18-10-11-26(15(2)12-18)14-17-8-6-5-7-9-17/h5-9,15,18H,4,10-14H2,1-3H3,(H2,21,22,24). The summed E-state index contributed by atoms with van der Waals surface area (Å²) in [6, 6.07) is 11.6. The summed E-state index contributed by atoms with van der Waals surface area (Å²) < 4.78 is 5.00. The monoisotopic (exact) mass is 370 g/mol. The molecule has 1 aromatic carbocycles. The highest BCUT2D eigenvalue weighted by Crippen LogP contribution is 2.20. The highest BCUT2D eigenvalue weighted by molar-refractivity contribution is 5.80. The third kappa shape index (κ3) is 5.79. The average Bonchev–Trinajstić information content (AvgIpc) is 3.08. The van der Waals surface area contributed by atoms with E-state index in [1.165, 1.54) is 5.56 Å². The largest absolute Gasteiger partial charge is 0.357 e. The van der Waals surface area contributed by atoms with Crippen molar-refractivity contribution in [2.24, 2.45) is 4.99 Å². The summed E-state index contributed by atoms with van der Waals surface area (Å²) >= 11 is 0. The van der Waals surface area contributed by atoms with Gasteiger partial charge < -0.3 is 15.2 Å². The van der Waals surface area contributed by atoms with Gasteiger partial charge in [0.1, 0.15) is 6.54 Å². The maximum Gasteiger partial charge on any atom is 0.223 e. The van der Waals surface area contributed by atoms with E-state index in [9.17, 15) is 0 Å². The molecule has 27 heavy (non-hydrogen) atoms. The summed E-state index contributed by atoms with van der Waals surface area (Å²) in [6.07, 6.45) is 2.20. The van der Waals surface area contributed by atoms with Crippen LogP contribution in [0, 0.1) is 6.92 Å². The molecule has 1 aliphatic heterocycles. The zero-order valence-corrected chi connectivity index (χ0v) is 16.5. The molecule has 3 rings (SSSR count).